The number of alkyl halides is 5. The summed E-state index contributed by atoms with van der Waals surface area (Å²) < 4.78 is 57.9. The van der Waals surface area contributed by atoms with Crippen molar-refractivity contribution in [3.05, 3.63) is 36.2 Å². The molecule has 0 N–H and O–H groups in total. The van der Waals surface area contributed by atoms with Crippen LogP contribution in [0.5, 0.6) is 11.6 Å². The lowest BCUT2D eigenvalue weighted by Crippen LogP contribution is -2.06. The van der Waals surface area contributed by atoms with Crippen LogP contribution in [0.4, 0.5) is 17.6 Å². The van der Waals surface area contributed by atoms with Crippen LogP contribution in [0.25, 0.3) is 11.3 Å². The Kier molecular flexibility index (Phi) is 5.53. The van der Waals surface area contributed by atoms with E-state index < -0.39 is 13.2 Å². The number of halogens is 5. The third-order valence-electron chi connectivity index (χ3n) is 2.49. The highest BCUT2D eigenvalue weighted by molar-refractivity contribution is 9.08. The molecule has 0 bridgehead atoms. The molecule has 0 amide bonds. The molecular weight excluding hydrogens is 372 g/mol. The molecule has 9 heteroatoms. The predicted octanol–water partition coefficient (Wildman–Crippen LogP) is 4.24. The van der Waals surface area contributed by atoms with Crippen LogP contribution in [0.3, 0.4) is 0 Å². The first-order chi connectivity index (χ1) is 10.5. The van der Waals surface area contributed by atoms with Crippen molar-refractivity contribution < 1.29 is 27.0 Å². The fourth-order valence-corrected chi connectivity index (χ4v) is 1.98. The minimum atomic E-state index is -3.04. The van der Waals surface area contributed by atoms with Crippen molar-refractivity contribution in [2.45, 2.75) is 18.6 Å². The second-order valence-electron chi connectivity index (χ2n) is 3.92. The van der Waals surface area contributed by atoms with Crippen LogP contribution in [-0.4, -0.2) is 23.2 Å². The summed E-state index contributed by atoms with van der Waals surface area (Å²) >= 11 is 3.20. The van der Waals surface area contributed by atoms with Gasteiger partial charge in [-0.15, -0.1) is 0 Å². The molecule has 0 radical (unpaired) electrons. The van der Waals surface area contributed by atoms with Crippen LogP contribution >= 0.6 is 15.9 Å². The van der Waals surface area contributed by atoms with E-state index in [4.69, 9.17) is 0 Å². The SMILES string of the molecule is FC(F)Oc1cc(-c2nc(CBr)ccc2OC(F)F)ccn1. The molecule has 2 aromatic heterocycles. The molecule has 2 aromatic rings. The van der Waals surface area contributed by atoms with Crippen molar-refractivity contribution in [1.82, 2.24) is 9.97 Å². The third-order valence-corrected chi connectivity index (χ3v) is 3.06. The molecule has 0 spiro atoms. The van der Waals surface area contributed by atoms with Crippen molar-refractivity contribution in [2.75, 3.05) is 0 Å². The van der Waals surface area contributed by atoms with E-state index in [9.17, 15) is 17.6 Å². The van der Waals surface area contributed by atoms with Crippen molar-refractivity contribution in [1.29, 1.82) is 0 Å². The Bertz CT molecular complexity index is 643. The molecule has 0 aliphatic carbocycles. The molecule has 2 rings (SSSR count). The Labute approximate surface area is 131 Å². The number of hydrogen-bond donors (Lipinski definition) is 0. The lowest BCUT2D eigenvalue weighted by molar-refractivity contribution is -0.0528. The Morgan fingerprint density at radius 3 is 2.41 bits per heavy atom. The molecule has 22 heavy (non-hydrogen) atoms. The molecule has 0 fully saturated rings. The summed E-state index contributed by atoms with van der Waals surface area (Å²) in [5, 5.41) is 0.389. The van der Waals surface area contributed by atoms with Gasteiger partial charge < -0.3 is 9.47 Å². The van der Waals surface area contributed by atoms with Crippen LogP contribution in [0, 0.1) is 0 Å². The van der Waals surface area contributed by atoms with E-state index in [0.29, 0.717) is 11.0 Å². The van der Waals surface area contributed by atoms with Gasteiger partial charge in [0.25, 0.3) is 0 Å². The lowest BCUT2D eigenvalue weighted by atomic mass is 10.1. The molecule has 0 saturated heterocycles. The van der Waals surface area contributed by atoms with E-state index in [0.717, 1.165) is 0 Å². The molecule has 2 heterocycles. The molecule has 4 nitrogen and oxygen atoms in total. The number of nitrogens with zero attached hydrogens (tertiary/aromatic N) is 2. The first-order valence-corrected chi connectivity index (χ1v) is 7.03. The Balaban J connectivity index is 2.44. The number of pyridine rings is 2. The number of aromatic nitrogens is 2. The number of ether oxygens (including phenoxy) is 2. The van der Waals surface area contributed by atoms with Gasteiger partial charge in [-0.25, -0.2) is 9.97 Å². The monoisotopic (exact) mass is 380 g/mol. The summed E-state index contributed by atoms with van der Waals surface area (Å²) in [5.74, 6) is -0.518. The van der Waals surface area contributed by atoms with Crippen molar-refractivity contribution in [3.63, 3.8) is 0 Å². The second kappa shape index (κ2) is 7.39. The maximum atomic E-state index is 12.5. The van der Waals surface area contributed by atoms with Crippen LogP contribution in [-0.2, 0) is 5.33 Å². The smallest absolute Gasteiger partial charge is 0.388 e. The van der Waals surface area contributed by atoms with Crippen LogP contribution in [0.2, 0.25) is 0 Å². The predicted molar refractivity (Wildman–Crippen MR) is 73.4 cm³/mol. The van der Waals surface area contributed by atoms with E-state index >= 15 is 0 Å². The van der Waals surface area contributed by atoms with Crippen LogP contribution in [0.1, 0.15) is 5.69 Å². The van der Waals surface area contributed by atoms with Gasteiger partial charge >= 0.3 is 13.2 Å². The average molecular weight is 381 g/mol. The first kappa shape index (κ1) is 16.5. The van der Waals surface area contributed by atoms with Crippen molar-refractivity contribution >= 4 is 15.9 Å². The maximum absolute atomic E-state index is 12.5. The van der Waals surface area contributed by atoms with E-state index in [1.54, 1.807) is 0 Å². The van der Waals surface area contributed by atoms with Crippen LogP contribution < -0.4 is 9.47 Å². The van der Waals surface area contributed by atoms with E-state index in [2.05, 4.69) is 35.4 Å². The second-order valence-corrected chi connectivity index (χ2v) is 4.48. The largest absolute Gasteiger partial charge is 0.432 e. The Hall–Kier alpha value is -1.90. The standard InChI is InChI=1S/C13H9BrF4N2O2/c14-6-8-1-2-9(21-12(15)16)11(20-8)7-3-4-19-10(5-7)22-13(17)18/h1-5,12-13H,6H2. The summed E-state index contributed by atoms with van der Waals surface area (Å²) in [6.07, 6.45) is 1.21. The van der Waals surface area contributed by atoms with Gasteiger partial charge in [-0.05, 0) is 18.2 Å². The van der Waals surface area contributed by atoms with E-state index in [1.807, 2.05) is 0 Å². The topological polar surface area (TPSA) is 44.2 Å². The molecule has 0 aliphatic rings. The normalized spacial score (nSPS) is 11.0. The van der Waals surface area contributed by atoms with Gasteiger partial charge in [-0.3, -0.25) is 0 Å². The zero-order valence-electron chi connectivity index (χ0n) is 10.8. The van der Waals surface area contributed by atoms with Gasteiger partial charge in [0.1, 0.15) is 5.69 Å². The number of hydrogen-bond acceptors (Lipinski definition) is 4. The third kappa shape index (κ3) is 4.30. The number of rotatable bonds is 6. The molecule has 0 aliphatic heterocycles. The van der Waals surface area contributed by atoms with E-state index in [1.165, 1.54) is 30.5 Å². The average Bonchev–Trinajstić information content (AvgIpc) is 2.46. The summed E-state index contributed by atoms with van der Waals surface area (Å²) in [6, 6.07) is 5.44. The summed E-state index contributed by atoms with van der Waals surface area (Å²) in [6.45, 7) is -6.07. The van der Waals surface area contributed by atoms with Gasteiger partial charge in [0.15, 0.2) is 5.75 Å². The van der Waals surface area contributed by atoms with Gasteiger partial charge in [-0.2, -0.15) is 17.6 Å². The molecule has 0 unspecified atom stereocenters. The quantitative estimate of drug-likeness (QED) is 0.555. The summed E-state index contributed by atoms with van der Waals surface area (Å²) in [4.78, 5) is 7.77. The molecule has 0 atom stereocenters. The Morgan fingerprint density at radius 1 is 1.05 bits per heavy atom. The zero-order chi connectivity index (χ0) is 16.1. The first-order valence-electron chi connectivity index (χ1n) is 5.91. The maximum Gasteiger partial charge on any atom is 0.388 e. The molecule has 0 saturated carbocycles. The van der Waals surface area contributed by atoms with Gasteiger partial charge in [0.2, 0.25) is 5.88 Å². The van der Waals surface area contributed by atoms with Gasteiger partial charge in [0.05, 0.1) is 5.69 Å². The van der Waals surface area contributed by atoms with Crippen LogP contribution in [0.15, 0.2) is 30.5 Å². The zero-order valence-corrected chi connectivity index (χ0v) is 12.4. The Morgan fingerprint density at radius 2 is 1.77 bits per heavy atom. The molecule has 0 aromatic carbocycles. The summed E-state index contributed by atoms with van der Waals surface area (Å²) in [7, 11) is 0. The minimum absolute atomic E-state index is 0.0822. The fourth-order valence-electron chi connectivity index (χ4n) is 1.67. The molecular formula is C13H9BrF4N2O2. The van der Waals surface area contributed by atoms with E-state index in [-0.39, 0.29) is 22.9 Å². The molecule has 118 valence electrons. The minimum Gasteiger partial charge on any atom is -0.432 e. The lowest BCUT2D eigenvalue weighted by Gasteiger charge is -2.12. The van der Waals surface area contributed by atoms with Gasteiger partial charge in [-0.1, -0.05) is 15.9 Å². The fraction of sp³-hybridized carbons (Fsp3) is 0.231. The van der Waals surface area contributed by atoms with Crippen molar-refractivity contribution in [3.8, 4) is 22.9 Å². The summed E-state index contributed by atoms with van der Waals surface area (Å²) in [5.41, 5.74) is 0.910. The highest BCUT2D eigenvalue weighted by Crippen LogP contribution is 2.31. The highest BCUT2D eigenvalue weighted by Gasteiger charge is 2.15. The van der Waals surface area contributed by atoms with Crippen molar-refractivity contribution in [2.24, 2.45) is 0 Å². The highest BCUT2D eigenvalue weighted by atomic mass is 79.9. The van der Waals surface area contributed by atoms with Gasteiger partial charge in [0, 0.05) is 23.2 Å².